The van der Waals surface area contributed by atoms with Gasteiger partial charge in [-0.15, -0.1) is 0 Å². The highest BCUT2D eigenvalue weighted by molar-refractivity contribution is 5.31. The van der Waals surface area contributed by atoms with E-state index in [9.17, 15) is 5.26 Å². The quantitative estimate of drug-likeness (QED) is 0.907. The summed E-state index contributed by atoms with van der Waals surface area (Å²) in [6.45, 7) is 6.59. The van der Waals surface area contributed by atoms with Crippen LogP contribution in [0, 0.1) is 18.3 Å². The molecule has 0 saturated heterocycles. The molecule has 0 aliphatic carbocycles. The summed E-state index contributed by atoms with van der Waals surface area (Å²) in [6, 6.07) is 12.5. The van der Waals surface area contributed by atoms with Crippen LogP contribution in [0.25, 0.3) is 0 Å². The van der Waals surface area contributed by atoms with E-state index in [-0.39, 0.29) is 6.04 Å². The normalized spacial score (nSPS) is 13.9. The van der Waals surface area contributed by atoms with E-state index in [1.807, 2.05) is 48.0 Å². The number of benzene rings is 1. The van der Waals surface area contributed by atoms with Crippen LogP contribution in [0.4, 0.5) is 0 Å². The number of nitrogens with one attached hydrogen (secondary N) is 1. The first-order chi connectivity index (χ1) is 9.57. The number of aromatic nitrogens is 2. The predicted octanol–water partition coefficient (Wildman–Crippen LogP) is 2.61. The second-order valence-electron chi connectivity index (χ2n) is 5.28. The van der Waals surface area contributed by atoms with E-state index in [0.29, 0.717) is 6.54 Å². The summed E-state index contributed by atoms with van der Waals surface area (Å²) in [4.78, 5) is 4.23. The average molecular weight is 268 g/mol. The number of nitriles is 1. The predicted molar refractivity (Wildman–Crippen MR) is 79.0 cm³/mol. The Bertz CT molecular complexity index is 594. The van der Waals surface area contributed by atoms with Gasteiger partial charge in [0.25, 0.3) is 0 Å². The first-order valence-electron chi connectivity index (χ1n) is 6.79. The van der Waals surface area contributed by atoms with E-state index in [1.165, 1.54) is 0 Å². The number of rotatable bonds is 5. The Morgan fingerprint density at radius 3 is 2.55 bits per heavy atom. The Hall–Kier alpha value is -2.12. The van der Waals surface area contributed by atoms with Crippen LogP contribution in [0.1, 0.15) is 25.2 Å². The molecule has 2 rings (SSSR count). The highest BCUT2D eigenvalue weighted by atomic mass is 15.1. The summed E-state index contributed by atoms with van der Waals surface area (Å²) in [5.41, 5.74) is 0.227. The SMILES string of the molecule is Cc1nccn1CC(C#N)(NC(C)C)c1ccccc1. The van der Waals surface area contributed by atoms with Crippen LogP contribution < -0.4 is 5.32 Å². The molecule has 1 heterocycles. The van der Waals surface area contributed by atoms with Crippen LogP contribution in [0.3, 0.4) is 0 Å². The molecule has 104 valence electrons. The molecular weight excluding hydrogens is 248 g/mol. The number of hydrogen-bond donors (Lipinski definition) is 1. The highest BCUT2D eigenvalue weighted by Crippen LogP contribution is 2.24. The smallest absolute Gasteiger partial charge is 0.150 e. The molecule has 0 aliphatic heterocycles. The topological polar surface area (TPSA) is 53.6 Å². The van der Waals surface area contributed by atoms with E-state index in [0.717, 1.165) is 11.4 Å². The summed E-state index contributed by atoms with van der Waals surface area (Å²) < 4.78 is 2.01. The summed E-state index contributed by atoms with van der Waals surface area (Å²) in [7, 11) is 0. The van der Waals surface area contributed by atoms with Crippen molar-refractivity contribution in [3.8, 4) is 6.07 Å². The fourth-order valence-electron chi connectivity index (χ4n) is 2.39. The second-order valence-corrected chi connectivity index (χ2v) is 5.28. The number of aryl methyl sites for hydroxylation is 1. The van der Waals surface area contributed by atoms with Gasteiger partial charge in [-0.2, -0.15) is 5.26 Å². The molecule has 0 fully saturated rings. The van der Waals surface area contributed by atoms with Crippen molar-refractivity contribution in [1.82, 2.24) is 14.9 Å². The Balaban J connectivity index is 2.43. The van der Waals surface area contributed by atoms with Crippen molar-refractivity contribution in [2.24, 2.45) is 0 Å². The highest BCUT2D eigenvalue weighted by Gasteiger charge is 2.33. The molecule has 1 aromatic carbocycles. The van der Waals surface area contributed by atoms with E-state index in [1.54, 1.807) is 6.20 Å². The van der Waals surface area contributed by atoms with Crippen LogP contribution in [0.2, 0.25) is 0 Å². The van der Waals surface area contributed by atoms with E-state index in [2.05, 4.69) is 30.2 Å². The molecule has 2 aromatic rings. The van der Waals surface area contributed by atoms with E-state index < -0.39 is 5.54 Å². The maximum Gasteiger partial charge on any atom is 0.150 e. The molecule has 4 heteroatoms. The molecule has 1 atom stereocenters. The van der Waals surface area contributed by atoms with Gasteiger partial charge in [0, 0.05) is 18.4 Å². The van der Waals surface area contributed by atoms with Crippen LogP contribution >= 0.6 is 0 Å². The molecule has 1 N–H and O–H groups in total. The van der Waals surface area contributed by atoms with Crippen molar-refractivity contribution in [1.29, 1.82) is 5.26 Å². The van der Waals surface area contributed by atoms with Gasteiger partial charge in [-0.1, -0.05) is 30.3 Å². The minimum Gasteiger partial charge on any atom is -0.332 e. The summed E-state index contributed by atoms with van der Waals surface area (Å²) in [5, 5.41) is 13.2. The van der Waals surface area contributed by atoms with Gasteiger partial charge in [0.1, 0.15) is 5.82 Å². The van der Waals surface area contributed by atoms with Crippen LogP contribution in [0.15, 0.2) is 42.7 Å². The minimum atomic E-state index is -0.749. The number of hydrogen-bond acceptors (Lipinski definition) is 3. The standard InChI is InChI=1S/C16H20N4/c1-13(2)19-16(11-17,15-7-5-4-6-8-15)12-20-10-9-18-14(20)3/h4-10,13,19H,12H2,1-3H3. The zero-order valence-electron chi connectivity index (χ0n) is 12.2. The lowest BCUT2D eigenvalue weighted by molar-refractivity contribution is 0.336. The zero-order valence-corrected chi connectivity index (χ0v) is 12.2. The van der Waals surface area contributed by atoms with Crippen LogP contribution in [-0.2, 0) is 12.1 Å². The molecule has 0 bridgehead atoms. The number of nitrogens with zero attached hydrogens (tertiary/aromatic N) is 3. The molecule has 4 nitrogen and oxygen atoms in total. The second kappa shape index (κ2) is 5.89. The van der Waals surface area contributed by atoms with Crippen molar-refractivity contribution in [2.75, 3.05) is 0 Å². The first kappa shape index (κ1) is 14.3. The molecule has 0 amide bonds. The molecule has 1 unspecified atom stereocenters. The minimum absolute atomic E-state index is 0.207. The maximum atomic E-state index is 9.82. The fraction of sp³-hybridized carbons (Fsp3) is 0.375. The van der Waals surface area contributed by atoms with Crippen molar-refractivity contribution in [3.63, 3.8) is 0 Å². The third kappa shape index (κ3) is 2.89. The summed E-state index contributed by atoms with van der Waals surface area (Å²) in [5.74, 6) is 0.908. The first-order valence-corrected chi connectivity index (χ1v) is 6.79. The summed E-state index contributed by atoms with van der Waals surface area (Å²) in [6.07, 6.45) is 3.67. The van der Waals surface area contributed by atoms with Crippen molar-refractivity contribution in [2.45, 2.75) is 38.9 Å². The monoisotopic (exact) mass is 268 g/mol. The lowest BCUT2D eigenvalue weighted by Crippen LogP contribution is -2.48. The Labute approximate surface area is 120 Å². The van der Waals surface area contributed by atoms with Gasteiger partial charge >= 0.3 is 0 Å². The third-order valence-electron chi connectivity index (χ3n) is 3.32. The van der Waals surface area contributed by atoms with Gasteiger partial charge in [-0.25, -0.2) is 4.98 Å². The van der Waals surface area contributed by atoms with Crippen molar-refractivity contribution in [3.05, 3.63) is 54.1 Å². The lowest BCUT2D eigenvalue weighted by Gasteiger charge is -2.31. The summed E-state index contributed by atoms with van der Waals surface area (Å²) >= 11 is 0. The Kier molecular flexibility index (Phi) is 4.21. The van der Waals surface area contributed by atoms with Gasteiger partial charge in [0.05, 0.1) is 12.6 Å². The Morgan fingerprint density at radius 1 is 1.35 bits per heavy atom. The molecule has 0 spiro atoms. The fourth-order valence-corrected chi connectivity index (χ4v) is 2.39. The molecule has 0 radical (unpaired) electrons. The number of imidazole rings is 1. The molecule has 0 aliphatic rings. The maximum absolute atomic E-state index is 9.82. The third-order valence-corrected chi connectivity index (χ3v) is 3.32. The van der Waals surface area contributed by atoms with E-state index >= 15 is 0 Å². The van der Waals surface area contributed by atoms with E-state index in [4.69, 9.17) is 0 Å². The van der Waals surface area contributed by atoms with Crippen molar-refractivity contribution < 1.29 is 0 Å². The Morgan fingerprint density at radius 2 is 2.05 bits per heavy atom. The van der Waals surface area contributed by atoms with Crippen molar-refractivity contribution >= 4 is 0 Å². The van der Waals surface area contributed by atoms with Gasteiger partial charge in [0.15, 0.2) is 5.54 Å². The van der Waals surface area contributed by atoms with Crippen LogP contribution in [0.5, 0.6) is 0 Å². The molecule has 1 aromatic heterocycles. The van der Waals surface area contributed by atoms with Gasteiger partial charge in [0.2, 0.25) is 0 Å². The molecule has 20 heavy (non-hydrogen) atoms. The average Bonchev–Trinajstić information content (AvgIpc) is 2.84. The lowest BCUT2D eigenvalue weighted by atomic mass is 9.90. The zero-order chi connectivity index (χ0) is 14.6. The molecule has 0 saturated carbocycles. The largest absolute Gasteiger partial charge is 0.332 e. The van der Waals surface area contributed by atoms with Gasteiger partial charge < -0.3 is 4.57 Å². The van der Waals surface area contributed by atoms with Crippen LogP contribution in [-0.4, -0.2) is 15.6 Å². The molecular formula is C16H20N4. The van der Waals surface area contributed by atoms with Gasteiger partial charge in [-0.05, 0) is 26.3 Å². The van der Waals surface area contributed by atoms with Gasteiger partial charge in [-0.3, -0.25) is 5.32 Å².